The van der Waals surface area contributed by atoms with Gasteiger partial charge in [-0.25, -0.2) is 0 Å². The highest BCUT2D eigenvalue weighted by Gasteiger charge is 2.24. The largest absolute Gasteiger partial charge is 0.375 e. The molecule has 2 amide bonds. The van der Waals surface area contributed by atoms with Crippen molar-refractivity contribution in [3.63, 3.8) is 0 Å². The highest BCUT2D eigenvalue weighted by atomic mass is 16.5. The monoisotopic (exact) mass is 311 g/mol. The zero-order chi connectivity index (χ0) is 15.9. The minimum absolute atomic E-state index is 0.0139. The minimum atomic E-state index is -0.0206. The van der Waals surface area contributed by atoms with Gasteiger partial charge in [0.2, 0.25) is 11.8 Å². The fourth-order valence-corrected chi connectivity index (χ4v) is 3.04. The molecule has 1 atom stereocenters. The Morgan fingerprint density at radius 2 is 2.18 bits per heavy atom. The SMILES string of the molecule is CC(C)N1CCO[C@H](CC(=O)NCCN2CCCCC2=O)C1. The number of carbonyl (C=O) groups is 2. The summed E-state index contributed by atoms with van der Waals surface area (Å²) in [5, 5.41) is 2.91. The normalized spacial score (nSPS) is 23.9. The standard InChI is InChI=1S/C16H29N3O3/c1-13(2)19-9-10-22-14(12-19)11-15(20)17-6-8-18-7-4-3-5-16(18)21/h13-14H,3-12H2,1-2H3,(H,17,20)/t14-/m1/s1. The van der Waals surface area contributed by atoms with Crippen molar-refractivity contribution in [2.75, 3.05) is 39.3 Å². The number of hydrogen-bond acceptors (Lipinski definition) is 4. The summed E-state index contributed by atoms with van der Waals surface area (Å²) >= 11 is 0. The third-order valence-electron chi connectivity index (χ3n) is 4.44. The van der Waals surface area contributed by atoms with E-state index < -0.39 is 0 Å². The van der Waals surface area contributed by atoms with Gasteiger partial charge >= 0.3 is 0 Å². The maximum Gasteiger partial charge on any atom is 0.222 e. The second-order valence-corrected chi connectivity index (χ2v) is 6.47. The molecule has 0 aromatic heterocycles. The second kappa shape index (κ2) is 8.48. The van der Waals surface area contributed by atoms with Crippen LogP contribution in [0.5, 0.6) is 0 Å². The lowest BCUT2D eigenvalue weighted by atomic mass is 10.1. The van der Waals surface area contributed by atoms with Crippen LogP contribution in [0.25, 0.3) is 0 Å². The summed E-state index contributed by atoms with van der Waals surface area (Å²) in [5.74, 6) is 0.226. The molecule has 2 fully saturated rings. The highest BCUT2D eigenvalue weighted by molar-refractivity contribution is 5.77. The molecule has 0 spiro atoms. The van der Waals surface area contributed by atoms with Gasteiger partial charge in [-0.05, 0) is 26.7 Å². The summed E-state index contributed by atoms with van der Waals surface area (Å²) in [6.45, 7) is 8.75. The summed E-state index contributed by atoms with van der Waals surface area (Å²) in [6, 6.07) is 0.486. The second-order valence-electron chi connectivity index (χ2n) is 6.47. The number of hydrogen-bond donors (Lipinski definition) is 1. The van der Waals surface area contributed by atoms with E-state index in [-0.39, 0.29) is 17.9 Å². The number of nitrogens with one attached hydrogen (secondary N) is 1. The average molecular weight is 311 g/mol. The molecule has 22 heavy (non-hydrogen) atoms. The third-order valence-corrected chi connectivity index (χ3v) is 4.44. The predicted molar refractivity (Wildman–Crippen MR) is 84.5 cm³/mol. The van der Waals surface area contributed by atoms with Crippen LogP contribution >= 0.6 is 0 Å². The van der Waals surface area contributed by atoms with E-state index in [9.17, 15) is 9.59 Å². The summed E-state index contributed by atoms with van der Waals surface area (Å²) < 4.78 is 5.68. The molecule has 2 aliphatic heterocycles. The summed E-state index contributed by atoms with van der Waals surface area (Å²) in [6.07, 6.45) is 3.09. The quantitative estimate of drug-likeness (QED) is 0.781. The molecule has 6 heteroatoms. The number of ether oxygens (including phenoxy) is 1. The van der Waals surface area contributed by atoms with E-state index in [4.69, 9.17) is 4.74 Å². The first kappa shape index (κ1) is 17.2. The molecular formula is C16H29N3O3. The van der Waals surface area contributed by atoms with Crippen molar-refractivity contribution >= 4 is 11.8 Å². The number of piperidine rings is 1. The zero-order valence-corrected chi connectivity index (χ0v) is 13.8. The van der Waals surface area contributed by atoms with Crippen molar-refractivity contribution in [3.05, 3.63) is 0 Å². The van der Waals surface area contributed by atoms with Crippen LogP contribution in [-0.4, -0.2) is 73.1 Å². The third kappa shape index (κ3) is 5.25. The van der Waals surface area contributed by atoms with Gasteiger partial charge in [0.1, 0.15) is 0 Å². The Morgan fingerprint density at radius 1 is 1.36 bits per heavy atom. The Hall–Kier alpha value is -1.14. The molecule has 0 aromatic carbocycles. The van der Waals surface area contributed by atoms with Crippen LogP contribution in [0.4, 0.5) is 0 Å². The molecule has 0 aromatic rings. The van der Waals surface area contributed by atoms with Gasteiger partial charge in [0.25, 0.3) is 0 Å². The van der Waals surface area contributed by atoms with Gasteiger partial charge in [0.05, 0.1) is 19.1 Å². The van der Waals surface area contributed by atoms with Gasteiger partial charge in [-0.2, -0.15) is 0 Å². The maximum absolute atomic E-state index is 12.0. The van der Waals surface area contributed by atoms with Crippen LogP contribution in [0.3, 0.4) is 0 Å². The number of nitrogens with zero attached hydrogens (tertiary/aromatic N) is 2. The van der Waals surface area contributed by atoms with Crippen LogP contribution in [0.2, 0.25) is 0 Å². The summed E-state index contributed by atoms with van der Waals surface area (Å²) in [4.78, 5) is 27.9. The number of likely N-dealkylation sites (tertiary alicyclic amines) is 1. The number of morpholine rings is 1. The molecule has 6 nitrogen and oxygen atoms in total. The minimum Gasteiger partial charge on any atom is -0.375 e. The number of rotatable bonds is 6. The number of amides is 2. The van der Waals surface area contributed by atoms with E-state index in [2.05, 4.69) is 24.1 Å². The fraction of sp³-hybridized carbons (Fsp3) is 0.875. The van der Waals surface area contributed by atoms with Crippen LogP contribution in [0.15, 0.2) is 0 Å². The maximum atomic E-state index is 12.0. The Kier molecular flexibility index (Phi) is 6.64. The van der Waals surface area contributed by atoms with Crippen molar-refractivity contribution in [1.82, 2.24) is 15.1 Å². The zero-order valence-electron chi connectivity index (χ0n) is 13.8. The Morgan fingerprint density at radius 3 is 2.91 bits per heavy atom. The smallest absolute Gasteiger partial charge is 0.222 e. The lowest BCUT2D eigenvalue weighted by Crippen LogP contribution is -2.47. The summed E-state index contributed by atoms with van der Waals surface area (Å²) in [7, 11) is 0. The molecule has 2 saturated heterocycles. The van der Waals surface area contributed by atoms with Gasteiger partial charge in [0, 0.05) is 45.2 Å². The molecule has 0 saturated carbocycles. The van der Waals surface area contributed by atoms with Gasteiger partial charge in [-0.1, -0.05) is 0 Å². The van der Waals surface area contributed by atoms with Gasteiger partial charge in [-0.3, -0.25) is 14.5 Å². The van der Waals surface area contributed by atoms with E-state index in [1.807, 2.05) is 4.90 Å². The van der Waals surface area contributed by atoms with E-state index in [1.165, 1.54) is 0 Å². The van der Waals surface area contributed by atoms with Gasteiger partial charge in [0.15, 0.2) is 0 Å². The topological polar surface area (TPSA) is 61.9 Å². The lowest BCUT2D eigenvalue weighted by Gasteiger charge is -2.35. The van der Waals surface area contributed by atoms with E-state index in [0.29, 0.717) is 38.6 Å². The van der Waals surface area contributed by atoms with Crippen molar-refractivity contribution in [1.29, 1.82) is 0 Å². The van der Waals surface area contributed by atoms with E-state index in [1.54, 1.807) is 0 Å². The molecule has 0 radical (unpaired) electrons. The molecule has 0 aliphatic carbocycles. The Balaban J connectivity index is 1.64. The Bertz CT molecular complexity index is 387. The lowest BCUT2D eigenvalue weighted by molar-refractivity contribution is -0.134. The molecular weight excluding hydrogens is 282 g/mol. The van der Waals surface area contributed by atoms with Crippen molar-refractivity contribution in [2.24, 2.45) is 0 Å². The molecule has 0 bridgehead atoms. The molecule has 2 rings (SSSR count). The highest BCUT2D eigenvalue weighted by Crippen LogP contribution is 2.12. The summed E-state index contributed by atoms with van der Waals surface area (Å²) in [5.41, 5.74) is 0. The first-order chi connectivity index (χ1) is 10.6. The van der Waals surface area contributed by atoms with Crippen molar-refractivity contribution < 1.29 is 14.3 Å². The van der Waals surface area contributed by atoms with Crippen molar-refractivity contribution in [3.8, 4) is 0 Å². The first-order valence-corrected chi connectivity index (χ1v) is 8.46. The molecule has 2 aliphatic rings. The van der Waals surface area contributed by atoms with E-state index >= 15 is 0 Å². The van der Waals surface area contributed by atoms with E-state index in [0.717, 1.165) is 32.5 Å². The van der Waals surface area contributed by atoms with Crippen LogP contribution in [0.1, 0.15) is 39.5 Å². The Labute approximate surface area is 133 Å². The molecule has 0 unspecified atom stereocenters. The van der Waals surface area contributed by atoms with Crippen molar-refractivity contribution in [2.45, 2.75) is 51.7 Å². The van der Waals surface area contributed by atoms with Crippen LogP contribution < -0.4 is 5.32 Å². The average Bonchev–Trinajstić information content (AvgIpc) is 2.49. The molecule has 2 heterocycles. The van der Waals surface area contributed by atoms with Gasteiger partial charge in [-0.15, -0.1) is 0 Å². The van der Waals surface area contributed by atoms with Gasteiger partial charge < -0.3 is 15.0 Å². The molecule has 1 N–H and O–H groups in total. The van der Waals surface area contributed by atoms with Crippen LogP contribution in [-0.2, 0) is 14.3 Å². The van der Waals surface area contributed by atoms with Crippen LogP contribution in [0, 0.1) is 0 Å². The molecule has 126 valence electrons. The fourth-order valence-electron chi connectivity index (χ4n) is 3.04. The predicted octanol–water partition coefficient (Wildman–Crippen LogP) is 0.614. The number of carbonyl (C=O) groups excluding carboxylic acids is 2. The first-order valence-electron chi connectivity index (χ1n) is 8.46.